The van der Waals surface area contributed by atoms with E-state index >= 15 is 0 Å². The Hall–Kier alpha value is -4.17. The third-order valence-corrected chi connectivity index (χ3v) is 6.07. The Morgan fingerprint density at radius 3 is 2.49 bits per heavy atom. The molecule has 35 heavy (non-hydrogen) atoms. The lowest BCUT2D eigenvalue weighted by Gasteiger charge is -2.32. The summed E-state index contributed by atoms with van der Waals surface area (Å²) in [4.78, 5) is 14.8. The summed E-state index contributed by atoms with van der Waals surface area (Å²) in [5.41, 5.74) is 3.75. The minimum atomic E-state index is -0.217. The molecule has 1 aromatic heterocycles. The number of nitrogens with one attached hydrogen (secondary N) is 1. The largest absolute Gasteiger partial charge is 0.497 e. The van der Waals surface area contributed by atoms with E-state index < -0.39 is 0 Å². The Morgan fingerprint density at radius 2 is 1.77 bits per heavy atom. The lowest BCUT2D eigenvalue weighted by Crippen LogP contribution is -2.39. The summed E-state index contributed by atoms with van der Waals surface area (Å²) < 4.78 is 6.92. The van der Waals surface area contributed by atoms with E-state index in [-0.39, 0.29) is 18.5 Å². The number of ether oxygens (including phenoxy) is 1. The van der Waals surface area contributed by atoms with Gasteiger partial charge in [0.15, 0.2) is 0 Å². The Bertz CT molecular complexity index is 1340. The number of carbonyl (C=O) groups is 1. The van der Waals surface area contributed by atoms with Crippen molar-refractivity contribution in [2.24, 2.45) is 0 Å². The number of amides is 1. The van der Waals surface area contributed by atoms with Gasteiger partial charge in [-0.1, -0.05) is 71.3 Å². The van der Waals surface area contributed by atoms with Crippen molar-refractivity contribution in [3.8, 4) is 5.75 Å². The fourth-order valence-electron chi connectivity index (χ4n) is 4.02. The fourth-order valence-corrected chi connectivity index (χ4v) is 4.15. The normalized spacial score (nSPS) is 14.7. The van der Waals surface area contributed by atoms with Crippen molar-refractivity contribution >= 4 is 29.2 Å². The highest BCUT2D eigenvalue weighted by molar-refractivity contribution is 6.30. The van der Waals surface area contributed by atoms with Crippen molar-refractivity contribution in [1.29, 1.82) is 0 Å². The highest BCUT2D eigenvalue weighted by Crippen LogP contribution is 2.36. The third kappa shape index (κ3) is 4.88. The van der Waals surface area contributed by atoms with Gasteiger partial charge in [-0.2, -0.15) is 4.68 Å². The number of anilines is 1. The highest BCUT2D eigenvalue weighted by atomic mass is 35.5. The number of nitrogens with zero attached hydrogens (tertiary/aromatic N) is 5. The van der Waals surface area contributed by atoms with Gasteiger partial charge in [-0.05, 0) is 57.5 Å². The van der Waals surface area contributed by atoms with Crippen molar-refractivity contribution in [3.05, 3.63) is 107 Å². The summed E-state index contributed by atoms with van der Waals surface area (Å²) in [7, 11) is 1.62. The van der Waals surface area contributed by atoms with Crippen molar-refractivity contribution in [1.82, 2.24) is 25.5 Å². The second kappa shape index (κ2) is 9.99. The maximum atomic E-state index is 13.0. The standard InChI is InChI=1S/C26H23ClN6O2/c1-35-22-13-7-18(8-14-22)16-28-25(34)17-32-23(20-9-11-21(27)12-10-20)15-24(19-5-3-2-4-6-19)33-26(32)29-30-31-33/h2-15,24H,16-17H2,1H3,(H,28,34). The molecule has 0 radical (unpaired) electrons. The molecule has 1 atom stereocenters. The van der Waals surface area contributed by atoms with E-state index in [0.29, 0.717) is 17.5 Å². The second-order valence-electron chi connectivity index (χ2n) is 8.05. The quantitative estimate of drug-likeness (QED) is 0.423. The number of aromatic nitrogens is 4. The molecule has 1 unspecified atom stereocenters. The molecule has 3 aromatic carbocycles. The average Bonchev–Trinajstić information content (AvgIpc) is 3.39. The zero-order valence-electron chi connectivity index (χ0n) is 19.0. The molecule has 0 fully saturated rings. The van der Waals surface area contributed by atoms with E-state index in [2.05, 4.69) is 26.9 Å². The zero-order chi connectivity index (χ0) is 24.2. The second-order valence-corrected chi connectivity index (χ2v) is 8.49. The van der Waals surface area contributed by atoms with E-state index in [1.807, 2.05) is 83.8 Å². The van der Waals surface area contributed by atoms with Crippen LogP contribution in [0.4, 0.5) is 5.95 Å². The smallest absolute Gasteiger partial charge is 0.251 e. The molecule has 9 heteroatoms. The summed E-state index contributed by atoms with van der Waals surface area (Å²) in [6, 6.07) is 24.9. The van der Waals surface area contributed by atoms with Gasteiger partial charge in [0.25, 0.3) is 5.95 Å². The van der Waals surface area contributed by atoms with Crippen LogP contribution in [-0.4, -0.2) is 39.8 Å². The molecule has 0 aliphatic carbocycles. The zero-order valence-corrected chi connectivity index (χ0v) is 19.8. The van der Waals surface area contributed by atoms with Crippen LogP contribution in [0.1, 0.15) is 22.7 Å². The Balaban J connectivity index is 1.43. The molecule has 1 N–H and O–H groups in total. The molecule has 1 aliphatic rings. The van der Waals surface area contributed by atoms with Crippen molar-refractivity contribution < 1.29 is 9.53 Å². The molecule has 2 heterocycles. The number of carbonyl (C=O) groups excluding carboxylic acids is 1. The van der Waals surface area contributed by atoms with E-state index in [1.54, 1.807) is 11.8 Å². The van der Waals surface area contributed by atoms with Crippen LogP contribution < -0.4 is 15.0 Å². The predicted octanol–water partition coefficient (Wildman–Crippen LogP) is 4.10. The molecule has 4 aromatic rings. The van der Waals surface area contributed by atoms with Crippen molar-refractivity contribution in [2.45, 2.75) is 12.6 Å². The van der Waals surface area contributed by atoms with Gasteiger partial charge in [-0.3, -0.25) is 9.69 Å². The van der Waals surface area contributed by atoms with Gasteiger partial charge in [0.2, 0.25) is 5.91 Å². The topological polar surface area (TPSA) is 85.2 Å². The van der Waals surface area contributed by atoms with Crippen LogP contribution in [0.25, 0.3) is 5.70 Å². The molecule has 1 aliphatic heterocycles. The maximum absolute atomic E-state index is 13.0. The van der Waals surface area contributed by atoms with E-state index in [9.17, 15) is 4.79 Å². The number of halogens is 1. The van der Waals surface area contributed by atoms with E-state index in [1.165, 1.54) is 0 Å². The first-order valence-corrected chi connectivity index (χ1v) is 11.5. The number of hydrogen-bond acceptors (Lipinski definition) is 6. The highest BCUT2D eigenvalue weighted by Gasteiger charge is 2.31. The molecule has 0 spiro atoms. The van der Waals surface area contributed by atoms with Gasteiger partial charge in [0.05, 0.1) is 12.8 Å². The monoisotopic (exact) mass is 486 g/mol. The van der Waals surface area contributed by atoms with Gasteiger partial charge < -0.3 is 10.1 Å². The Labute approximate surface area is 207 Å². The number of allylic oxidation sites excluding steroid dienone is 1. The Morgan fingerprint density at radius 1 is 1.03 bits per heavy atom. The summed E-state index contributed by atoms with van der Waals surface area (Å²) in [5, 5.41) is 16.0. The molecule has 0 saturated carbocycles. The van der Waals surface area contributed by atoms with Crippen LogP contribution in [-0.2, 0) is 11.3 Å². The summed E-state index contributed by atoms with van der Waals surface area (Å²) in [6.45, 7) is 0.445. The minimum absolute atomic E-state index is 0.0481. The van der Waals surface area contributed by atoms with Gasteiger partial charge in [-0.15, -0.1) is 0 Å². The molecule has 0 saturated heterocycles. The van der Waals surface area contributed by atoms with Crippen molar-refractivity contribution in [3.63, 3.8) is 0 Å². The number of benzene rings is 3. The lowest BCUT2D eigenvalue weighted by atomic mass is 10.0. The predicted molar refractivity (Wildman–Crippen MR) is 134 cm³/mol. The minimum Gasteiger partial charge on any atom is -0.497 e. The Kier molecular flexibility index (Phi) is 6.45. The van der Waals surface area contributed by atoms with Gasteiger partial charge in [0, 0.05) is 11.6 Å². The maximum Gasteiger partial charge on any atom is 0.251 e. The van der Waals surface area contributed by atoms with Gasteiger partial charge in [-0.25, -0.2) is 0 Å². The number of rotatable bonds is 7. The van der Waals surface area contributed by atoms with Crippen LogP contribution in [0.3, 0.4) is 0 Å². The lowest BCUT2D eigenvalue weighted by molar-refractivity contribution is -0.119. The summed E-state index contributed by atoms with van der Waals surface area (Å²) in [5.74, 6) is 1.10. The van der Waals surface area contributed by atoms with Crippen LogP contribution in [0, 0.1) is 0 Å². The molecular weight excluding hydrogens is 464 g/mol. The van der Waals surface area contributed by atoms with E-state index in [4.69, 9.17) is 16.3 Å². The molecule has 1 amide bonds. The number of hydrogen-bond donors (Lipinski definition) is 1. The number of methoxy groups -OCH3 is 1. The SMILES string of the molecule is COc1ccc(CNC(=O)CN2C(c3ccc(Cl)cc3)=CC(c3ccccc3)n3nnnc32)cc1. The van der Waals surface area contributed by atoms with Gasteiger partial charge >= 0.3 is 0 Å². The van der Waals surface area contributed by atoms with Gasteiger partial charge in [0.1, 0.15) is 18.3 Å². The summed E-state index contributed by atoms with van der Waals surface area (Å²) >= 11 is 6.14. The third-order valence-electron chi connectivity index (χ3n) is 5.82. The first kappa shape index (κ1) is 22.6. The van der Waals surface area contributed by atoms with E-state index in [0.717, 1.165) is 28.1 Å². The molecular formula is C26H23ClN6O2. The van der Waals surface area contributed by atoms with Crippen LogP contribution >= 0.6 is 11.6 Å². The molecule has 8 nitrogen and oxygen atoms in total. The molecule has 176 valence electrons. The number of fused-ring (bicyclic) bond motifs is 1. The van der Waals surface area contributed by atoms with Crippen molar-refractivity contribution in [2.75, 3.05) is 18.6 Å². The van der Waals surface area contributed by atoms with Crippen LogP contribution in [0.15, 0.2) is 84.9 Å². The first-order valence-electron chi connectivity index (χ1n) is 11.1. The summed E-state index contributed by atoms with van der Waals surface area (Å²) in [6.07, 6.45) is 2.07. The molecule has 0 bridgehead atoms. The fraction of sp³-hybridized carbons (Fsp3) is 0.154. The van der Waals surface area contributed by atoms with Crippen LogP contribution in [0.5, 0.6) is 5.75 Å². The number of tetrazole rings is 1. The first-order chi connectivity index (χ1) is 17.1. The van der Waals surface area contributed by atoms with Crippen LogP contribution in [0.2, 0.25) is 5.02 Å². The average molecular weight is 487 g/mol. The molecule has 5 rings (SSSR count).